The van der Waals surface area contributed by atoms with E-state index in [2.05, 4.69) is 4.98 Å². The van der Waals surface area contributed by atoms with E-state index in [1.54, 1.807) is 6.92 Å². The van der Waals surface area contributed by atoms with E-state index >= 15 is 0 Å². The Balaban J connectivity index is 2.09. The van der Waals surface area contributed by atoms with E-state index < -0.39 is 0 Å². The number of carbonyl (C=O) groups excluding carboxylic acids is 1. The summed E-state index contributed by atoms with van der Waals surface area (Å²) in [5.41, 5.74) is 6.56. The first-order valence-corrected chi connectivity index (χ1v) is 6.60. The highest BCUT2D eigenvalue weighted by atomic mass is 16.3. The minimum Gasteiger partial charge on any atom is -0.438 e. The van der Waals surface area contributed by atoms with Crippen LogP contribution in [0.15, 0.2) is 10.8 Å². The van der Waals surface area contributed by atoms with Crippen molar-refractivity contribution in [2.24, 2.45) is 5.73 Å². The SMILES string of the molecule is CCN(C(=O)c1ocnc1C)C1CCC(N)CC1. The fourth-order valence-electron chi connectivity index (χ4n) is 2.62. The predicted molar refractivity (Wildman–Crippen MR) is 68.2 cm³/mol. The fraction of sp³-hybridized carbons (Fsp3) is 0.692. The maximum Gasteiger partial charge on any atom is 0.291 e. The summed E-state index contributed by atoms with van der Waals surface area (Å²) in [5, 5.41) is 0. The molecule has 1 amide bonds. The molecule has 0 aliphatic heterocycles. The molecule has 1 heterocycles. The van der Waals surface area contributed by atoms with Gasteiger partial charge in [0.05, 0.1) is 5.69 Å². The van der Waals surface area contributed by atoms with Crippen molar-refractivity contribution in [3.05, 3.63) is 17.8 Å². The number of rotatable bonds is 3. The molecule has 0 bridgehead atoms. The number of hydrogen-bond donors (Lipinski definition) is 1. The first-order chi connectivity index (χ1) is 8.63. The van der Waals surface area contributed by atoms with Crippen molar-refractivity contribution in [2.45, 2.75) is 51.6 Å². The summed E-state index contributed by atoms with van der Waals surface area (Å²) in [6, 6.07) is 0.578. The lowest BCUT2D eigenvalue weighted by Crippen LogP contribution is -2.44. The molecule has 5 heteroatoms. The smallest absolute Gasteiger partial charge is 0.291 e. The van der Waals surface area contributed by atoms with Gasteiger partial charge in [0.1, 0.15) is 0 Å². The second-order valence-electron chi connectivity index (χ2n) is 4.93. The van der Waals surface area contributed by atoms with Crippen molar-refractivity contribution in [2.75, 3.05) is 6.54 Å². The number of nitrogens with zero attached hydrogens (tertiary/aromatic N) is 2. The molecule has 0 atom stereocenters. The van der Waals surface area contributed by atoms with E-state index in [9.17, 15) is 4.79 Å². The topological polar surface area (TPSA) is 72.4 Å². The maximum atomic E-state index is 12.4. The quantitative estimate of drug-likeness (QED) is 0.887. The molecule has 2 rings (SSSR count). The van der Waals surface area contributed by atoms with E-state index in [1.807, 2.05) is 11.8 Å². The minimum atomic E-state index is -0.0482. The van der Waals surface area contributed by atoms with Gasteiger partial charge in [-0.1, -0.05) is 0 Å². The van der Waals surface area contributed by atoms with Crippen LogP contribution in [0.5, 0.6) is 0 Å². The van der Waals surface area contributed by atoms with Gasteiger partial charge in [0, 0.05) is 18.6 Å². The van der Waals surface area contributed by atoms with Crippen LogP contribution in [0, 0.1) is 6.92 Å². The summed E-state index contributed by atoms with van der Waals surface area (Å²) in [5.74, 6) is 0.319. The Morgan fingerprint density at radius 2 is 2.17 bits per heavy atom. The summed E-state index contributed by atoms with van der Waals surface area (Å²) >= 11 is 0. The molecule has 1 aliphatic carbocycles. The molecule has 1 saturated carbocycles. The molecular formula is C13H21N3O2. The van der Waals surface area contributed by atoms with Crippen LogP contribution in [0.3, 0.4) is 0 Å². The van der Waals surface area contributed by atoms with Gasteiger partial charge >= 0.3 is 0 Å². The van der Waals surface area contributed by atoms with Crippen LogP contribution >= 0.6 is 0 Å². The van der Waals surface area contributed by atoms with Crippen LogP contribution in [-0.4, -0.2) is 34.4 Å². The zero-order valence-corrected chi connectivity index (χ0v) is 11.1. The average molecular weight is 251 g/mol. The standard InChI is InChI=1S/C13H21N3O2/c1-3-16(11-6-4-10(14)5-7-11)13(17)12-9(2)15-8-18-12/h8,10-11H,3-7,14H2,1-2H3. The minimum absolute atomic E-state index is 0.0482. The van der Waals surface area contributed by atoms with Gasteiger partial charge in [0.25, 0.3) is 5.91 Å². The number of nitrogens with two attached hydrogens (primary N) is 1. The van der Waals surface area contributed by atoms with Gasteiger partial charge in [-0.15, -0.1) is 0 Å². The van der Waals surface area contributed by atoms with Gasteiger partial charge in [-0.25, -0.2) is 4.98 Å². The molecule has 1 fully saturated rings. The first kappa shape index (κ1) is 13.1. The Morgan fingerprint density at radius 3 is 2.67 bits per heavy atom. The van der Waals surface area contributed by atoms with Gasteiger partial charge in [0.2, 0.25) is 5.76 Å². The fourth-order valence-corrected chi connectivity index (χ4v) is 2.62. The van der Waals surface area contributed by atoms with Crippen molar-refractivity contribution in [1.29, 1.82) is 0 Å². The molecule has 0 saturated heterocycles. The van der Waals surface area contributed by atoms with Gasteiger partial charge in [-0.2, -0.15) is 0 Å². The van der Waals surface area contributed by atoms with E-state index in [1.165, 1.54) is 6.39 Å². The van der Waals surface area contributed by atoms with Crippen LogP contribution in [0.2, 0.25) is 0 Å². The molecule has 0 aromatic carbocycles. The van der Waals surface area contributed by atoms with Crippen molar-refractivity contribution in [3.8, 4) is 0 Å². The van der Waals surface area contributed by atoms with E-state index in [-0.39, 0.29) is 11.9 Å². The predicted octanol–water partition coefficient (Wildman–Crippen LogP) is 1.72. The lowest BCUT2D eigenvalue weighted by molar-refractivity contribution is 0.0607. The summed E-state index contributed by atoms with van der Waals surface area (Å²) < 4.78 is 5.19. The molecule has 0 radical (unpaired) electrons. The second-order valence-corrected chi connectivity index (χ2v) is 4.93. The van der Waals surface area contributed by atoms with Gasteiger partial charge in [-0.05, 0) is 39.5 Å². The zero-order chi connectivity index (χ0) is 13.1. The third kappa shape index (κ3) is 2.56. The van der Waals surface area contributed by atoms with Crippen molar-refractivity contribution < 1.29 is 9.21 Å². The molecule has 0 unspecified atom stereocenters. The highest BCUT2D eigenvalue weighted by Gasteiger charge is 2.29. The molecule has 1 aliphatic rings. The van der Waals surface area contributed by atoms with Crippen LogP contribution < -0.4 is 5.73 Å². The van der Waals surface area contributed by atoms with Crippen LogP contribution in [0.25, 0.3) is 0 Å². The second kappa shape index (κ2) is 5.52. The van der Waals surface area contributed by atoms with Crippen molar-refractivity contribution in [3.63, 3.8) is 0 Å². The molecule has 2 N–H and O–H groups in total. The average Bonchev–Trinajstić information content (AvgIpc) is 2.78. The van der Waals surface area contributed by atoms with E-state index in [0.717, 1.165) is 25.7 Å². The van der Waals surface area contributed by atoms with E-state index in [0.29, 0.717) is 24.0 Å². The van der Waals surface area contributed by atoms with Crippen LogP contribution in [0.4, 0.5) is 0 Å². The van der Waals surface area contributed by atoms with Crippen LogP contribution in [0.1, 0.15) is 48.9 Å². The summed E-state index contributed by atoms with van der Waals surface area (Å²) in [6.07, 6.45) is 5.27. The van der Waals surface area contributed by atoms with Crippen molar-refractivity contribution in [1.82, 2.24) is 9.88 Å². The normalized spacial score (nSPS) is 23.9. The van der Waals surface area contributed by atoms with Crippen molar-refractivity contribution >= 4 is 5.91 Å². The lowest BCUT2D eigenvalue weighted by Gasteiger charge is -2.35. The molecule has 18 heavy (non-hydrogen) atoms. The highest BCUT2D eigenvalue weighted by molar-refractivity contribution is 5.92. The number of aromatic nitrogens is 1. The third-order valence-corrected chi connectivity index (χ3v) is 3.72. The number of oxazole rings is 1. The Hall–Kier alpha value is -1.36. The zero-order valence-electron chi connectivity index (χ0n) is 11.1. The molecule has 1 aromatic rings. The number of aryl methyl sites for hydroxylation is 1. The largest absolute Gasteiger partial charge is 0.438 e. The first-order valence-electron chi connectivity index (χ1n) is 6.60. The number of carbonyl (C=O) groups is 1. The Labute approximate surface area is 107 Å². The van der Waals surface area contributed by atoms with E-state index in [4.69, 9.17) is 10.2 Å². The third-order valence-electron chi connectivity index (χ3n) is 3.72. The highest BCUT2D eigenvalue weighted by Crippen LogP contribution is 2.24. The van der Waals surface area contributed by atoms with Gasteiger partial charge < -0.3 is 15.1 Å². The molecule has 0 spiro atoms. The molecule has 1 aromatic heterocycles. The number of hydrogen-bond acceptors (Lipinski definition) is 4. The lowest BCUT2D eigenvalue weighted by atomic mass is 9.90. The van der Waals surface area contributed by atoms with Gasteiger partial charge in [-0.3, -0.25) is 4.79 Å². The Morgan fingerprint density at radius 1 is 1.50 bits per heavy atom. The summed E-state index contributed by atoms with van der Waals surface area (Å²) in [4.78, 5) is 18.3. The van der Waals surface area contributed by atoms with Gasteiger partial charge in [0.15, 0.2) is 6.39 Å². The molecule has 100 valence electrons. The monoisotopic (exact) mass is 251 g/mol. The summed E-state index contributed by atoms with van der Waals surface area (Å²) in [6.45, 7) is 4.48. The molecular weight excluding hydrogens is 230 g/mol. The molecule has 5 nitrogen and oxygen atoms in total. The Bertz CT molecular complexity index is 408. The number of amides is 1. The van der Waals surface area contributed by atoms with Crippen LogP contribution in [-0.2, 0) is 0 Å². The maximum absolute atomic E-state index is 12.4. The Kier molecular flexibility index (Phi) is 4.01. The summed E-state index contributed by atoms with van der Waals surface area (Å²) in [7, 11) is 0.